The van der Waals surface area contributed by atoms with E-state index in [-0.39, 0.29) is 12.6 Å². The van der Waals surface area contributed by atoms with Crippen molar-refractivity contribution in [3.8, 4) is 11.5 Å². The first kappa shape index (κ1) is 22.9. The van der Waals surface area contributed by atoms with Gasteiger partial charge in [-0.1, -0.05) is 54.6 Å². The first-order valence-electron chi connectivity index (χ1n) is 11.5. The molecule has 2 aliphatic heterocycles. The normalized spacial score (nSPS) is 25.9. The van der Waals surface area contributed by atoms with Crippen LogP contribution in [0.25, 0.3) is 0 Å². The minimum absolute atomic E-state index is 0.256. The Morgan fingerprint density at radius 3 is 1.85 bits per heavy atom. The van der Waals surface area contributed by atoms with Crippen LogP contribution in [0.5, 0.6) is 11.5 Å². The van der Waals surface area contributed by atoms with Gasteiger partial charge in [-0.05, 0) is 41.0 Å². The maximum atomic E-state index is 10.5. The Kier molecular flexibility index (Phi) is 6.12. The van der Waals surface area contributed by atoms with Crippen LogP contribution in [0.15, 0.2) is 78.9 Å². The quantitative estimate of drug-likeness (QED) is 0.412. The molecule has 1 N–H and O–H groups in total. The first-order valence-corrected chi connectivity index (χ1v) is 11.5. The summed E-state index contributed by atoms with van der Waals surface area (Å²) in [7, 11) is 5.17. The molecular weight excluding hydrogens is 431 g/mol. The molecule has 176 valence electrons. The minimum atomic E-state index is -0.936. The molecule has 2 aliphatic rings. The Morgan fingerprint density at radius 1 is 0.882 bits per heavy atom. The zero-order chi connectivity index (χ0) is 23.8. The summed E-state index contributed by atoms with van der Waals surface area (Å²) in [6.45, 7) is 0.640. The van der Waals surface area contributed by atoms with Gasteiger partial charge in [0.1, 0.15) is 42.8 Å². The number of rotatable bonds is 8. The highest BCUT2D eigenvalue weighted by molar-refractivity contribution is 6.11. The van der Waals surface area contributed by atoms with E-state index in [4.69, 9.17) is 23.7 Å². The van der Waals surface area contributed by atoms with E-state index in [0.717, 1.165) is 28.2 Å². The maximum absolute atomic E-state index is 10.5. The third-order valence-electron chi connectivity index (χ3n) is 6.94. The molecule has 6 nitrogen and oxygen atoms in total. The number of methoxy groups -OCH3 is 2. The van der Waals surface area contributed by atoms with Gasteiger partial charge in [0, 0.05) is 0 Å². The predicted molar refractivity (Wildman–Crippen MR) is 130 cm³/mol. The van der Waals surface area contributed by atoms with Crippen LogP contribution in [0.2, 0.25) is 0 Å². The lowest BCUT2D eigenvalue weighted by Crippen LogP contribution is -2.62. The zero-order valence-electron chi connectivity index (χ0n) is 19.6. The fourth-order valence-corrected chi connectivity index (χ4v) is 5.02. The van der Waals surface area contributed by atoms with Gasteiger partial charge in [-0.15, -0.1) is 0 Å². The average Bonchev–Trinajstić information content (AvgIpc) is 3.04. The number of aliphatic hydroxyl groups excluding tert-OH is 1. The zero-order valence-corrected chi connectivity index (χ0v) is 19.6. The summed E-state index contributed by atoms with van der Waals surface area (Å²) in [6, 6.07) is 25.6. The van der Waals surface area contributed by atoms with Gasteiger partial charge in [-0.25, -0.2) is 0 Å². The van der Waals surface area contributed by atoms with Gasteiger partial charge in [-0.2, -0.15) is 0 Å². The molecule has 2 fully saturated rings. The molecule has 34 heavy (non-hydrogen) atoms. The van der Waals surface area contributed by atoms with Crippen molar-refractivity contribution in [2.24, 2.45) is 0 Å². The summed E-state index contributed by atoms with van der Waals surface area (Å²) in [6.07, 6.45) is -1.08. The van der Waals surface area contributed by atoms with E-state index in [1.165, 1.54) is 0 Å². The lowest BCUT2D eigenvalue weighted by Gasteiger charge is -2.46. The molecular formula is C27H29BO6. The first-order chi connectivity index (χ1) is 16.5. The molecule has 5 rings (SSSR count). The molecule has 0 spiro atoms. The second kappa shape index (κ2) is 9.08. The van der Waals surface area contributed by atoms with Gasteiger partial charge in [-0.3, -0.25) is 0 Å². The van der Waals surface area contributed by atoms with E-state index in [2.05, 4.69) is 12.1 Å². The average molecular weight is 460 g/mol. The van der Waals surface area contributed by atoms with Crippen LogP contribution in [-0.2, 0) is 19.8 Å². The highest BCUT2D eigenvalue weighted by Crippen LogP contribution is 2.46. The molecule has 0 aliphatic carbocycles. The molecule has 2 saturated heterocycles. The number of hydrogen-bond donors (Lipinski definition) is 1. The topological polar surface area (TPSA) is 66.4 Å². The van der Waals surface area contributed by atoms with Crippen molar-refractivity contribution in [1.82, 2.24) is 0 Å². The summed E-state index contributed by atoms with van der Waals surface area (Å²) in [5.74, 6) is 1.53. The Labute approximate surface area is 200 Å². The standard InChI is InChI=1S/C27H29BO6/c1-30-21-12-8-19(9-13-21)27(18-6-4-3-5-7-18,20-10-14-22(31-2)15-11-20)33-17-26-16-32-24(26)23(29)25(28)34-26/h3-15,23-25,29H,16-17,28H2,1-2H3/t23-,24+,25?,26-/m1/s1. The molecule has 4 atom stereocenters. The smallest absolute Gasteiger partial charge is 0.143 e. The molecule has 3 aromatic rings. The van der Waals surface area contributed by atoms with E-state index < -0.39 is 23.4 Å². The number of fused-ring (bicyclic) bond motifs is 1. The van der Waals surface area contributed by atoms with Crippen molar-refractivity contribution < 1.29 is 28.8 Å². The lowest BCUT2D eigenvalue weighted by molar-refractivity contribution is -0.254. The van der Waals surface area contributed by atoms with Crippen molar-refractivity contribution in [2.45, 2.75) is 29.4 Å². The van der Waals surface area contributed by atoms with Gasteiger partial charge >= 0.3 is 0 Å². The van der Waals surface area contributed by atoms with Gasteiger partial charge in [0.05, 0.1) is 33.4 Å². The predicted octanol–water partition coefficient (Wildman–Crippen LogP) is 2.50. The molecule has 0 radical (unpaired) electrons. The molecule has 0 saturated carbocycles. The summed E-state index contributed by atoms with van der Waals surface area (Å²) in [5.41, 5.74) is 1.26. The third kappa shape index (κ3) is 3.69. The minimum Gasteiger partial charge on any atom is -0.497 e. The maximum Gasteiger partial charge on any atom is 0.143 e. The van der Waals surface area contributed by atoms with Crippen LogP contribution in [0.3, 0.4) is 0 Å². The van der Waals surface area contributed by atoms with Crippen molar-refractivity contribution in [3.05, 3.63) is 95.6 Å². The Hall–Kier alpha value is -2.84. The van der Waals surface area contributed by atoms with Crippen molar-refractivity contribution in [3.63, 3.8) is 0 Å². The fraction of sp³-hybridized carbons (Fsp3) is 0.333. The van der Waals surface area contributed by atoms with Crippen molar-refractivity contribution in [2.75, 3.05) is 27.4 Å². The summed E-state index contributed by atoms with van der Waals surface area (Å²) >= 11 is 0. The SMILES string of the molecule is BC1O[C@@]2(COC(c3ccccc3)(c3ccc(OC)cc3)c3ccc(OC)cc3)CO[C@H]2[C@H]1O. The molecule has 7 heteroatoms. The second-order valence-corrected chi connectivity index (χ2v) is 8.90. The molecule has 1 unspecified atom stereocenters. The Bertz CT molecular complexity index is 1060. The van der Waals surface area contributed by atoms with Gasteiger partial charge < -0.3 is 28.8 Å². The van der Waals surface area contributed by atoms with E-state index >= 15 is 0 Å². The van der Waals surface area contributed by atoms with E-state index in [1.807, 2.05) is 74.6 Å². The summed E-state index contributed by atoms with van der Waals surface area (Å²) < 4.78 is 29.6. The fourth-order valence-electron chi connectivity index (χ4n) is 5.02. The van der Waals surface area contributed by atoms with Crippen LogP contribution < -0.4 is 9.47 Å². The van der Waals surface area contributed by atoms with Gasteiger partial charge in [0.25, 0.3) is 0 Å². The largest absolute Gasteiger partial charge is 0.497 e. The molecule has 0 aromatic heterocycles. The highest BCUT2D eigenvalue weighted by atomic mass is 16.7. The lowest BCUT2D eigenvalue weighted by atomic mass is 9.79. The number of hydrogen-bond acceptors (Lipinski definition) is 6. The number of aliphatic hydroxyl groups is 1. The Morgan fingerprint density at radius 2 is 1.41 bits per heavy atom. The van der Waals surface area contributed by atoms with Gasteiger partial charge in [0.15, 0.2) is 0 Å². The highest BCUT2D eigenvalue weighted by Gasteiger charge is 2.61. The number of ether oxygens (including phenoxy) is 5. The van der Waals surface area contributed by atoms with Crippen molar-refractivity contribution in [1.29, 1.82) is 0 Å². The Balaban J connectivity index is 1.63. The summed E-state index contributed by atoms with van der Waals surface area (Å²) in [5, 5.41) is 10.5. The van der Waals surface area contributed by atoms with Crippen LogP contribution >= 0.6 is 0 Å². The number of benzene rings is 3. The molecule has 3 aromatic carbocycles. The summed E-state index contributed by atoms with van der Waals surface area (Å²) in [4.78, 5) is 0. The van der Waals surface area contributed by atoms with Crippen LogP contribution in [0.1, 0.15) is 16.7 Å². The molecule has 0 bridgehead atoms. The monoisotopic (exact) mass is 460 g/mol. The molecule has 2 heterocycles. The van der Waals surface area contributed by atoms with E-state index in [9.17, 15) is 5.11 Å². The van der Waals surface area contributed by atoms with Gasteiger partial charge in [0.2, 0.25) is 0 Å². The van der Waals surface area contributed by atoms with E-state index in [0.29, 0.717) is 6.61 Å². The van der Waals surface area contributed by atoms with Crippen molar-refractivity contribution >= 4 is 7.85 Å². The van der Waals surface area contributed by atoms with Crippen LogP contribution in [0.4, 0.5) is 0 Å². The van der Waals surface area contributed by atoms with Crippen LogP contribution in [-0.4, -0.2) is 64.2 Å². The third-order valence-corrected chi connectivity index (χ3v) is 6.94. The van der Waals surface area contributed by atoms with Crippen LogP contribution in [0, 0.1) is 0 Å². The second-order valence-electron chi connectivity index (χ2n) is 8.90. The van der Waals surface area contributed by atoms with E-state index in [1.54, 1.807) is 14.2 Å². The molecule has 0 amide bonds.